The topological polar surface area (TPSA) is 158 Å². The fourth-order valence-corrected chi connectivity index (χ4v) is 7.24. The van der Waals surface area contributed by atoms with E-state index < -0.39 is 17.7 Å². The maximum Gasteiger partial charge on any atom is 0.410 e. The summed E-state index contributed by atoms with van der Waals surface area (Å²) in [6.45, 7) is 10.7. The molecule has 3 aromatic heterocycles. The third kappa shape index (κ3) is 7.04. The molecule has 3 atom stereocenters. The van der Waals surface area contributed by atoms with Crippen molar-refractivity contribution in [1.82, 2.24) is 40.0 Å². The minimum atomic E-state index is -0.685. The highest BCUT2D eigenvalue weighted by Gasteiger charge is 2.38. The van der Waals surface area contributed by atoms with E-state index in [0.717, 1.165) is 76.1 Å². The van der Waals surface area contributed by atoms with Gasteiger partial charge in [-0.3, -0.25) is 9.69 Å². The van der Waals surface area contributed by atoms with Crippen molar-refractivity contribution in [2.75, 3.05) is 20.2 Å². The summed E-state index contributed by atoms with van der Waals surface area (Å²) < 4.78 is 10.4. The average molecular weight is 707 g/mol. The molecule has 2 fully saturated rings. The van der Waals surface area contributed by atoms with Crippen molar-refractivity contribution >= 4 is 40.0 Å². The number of amides is 3. The van der Waals surface area contributed by atoms with Gasteiger partial charge in [0, 0.05) is 24.2 Å². The molecule has 2 aliphatic rings. The van der Waals surface area contributed by atoms with E-state index in [1.54, 1.807) is 4.90 Å². The molecule has 7 rings (SSSR count). The predicted octanol–water partition coefficient (Wildman–Crippen LogP) is 7.28. The van der Waals surface area contributed by atoms with Crippen LogP contribution in [0.2, 0.25) is 0 Å². The maximum absolute atomic E-state index is 13.6. The predicted molar refractivity (Wildman–Crippen MR) is 197 cm³/mol. The number of hydrogen-bond donors (Lipinski definition) is 3. The molecule has 13 nitrogen and oxygen atoms in total. The number of hydrogen-bond acceptors (Lipinski definition) is 8. The van der Waals surface area contributed by atoms with Crippen LogP contribution in [0.1, 0.15) is 84.0 Å². The van der Waals surface area contributed by atoms with Gasteiger partial charge in [-0.05, 0) is 87.4 Å². The zero-order chi connectivity index (χ0) is 36.7. The van der Waals surface area contributed by atoms with Gasteiger partial charge >= 0.3 is 12.2 Å². The number of ether oxygens (including phenoxy) is 2. The zero-order valence-electron chi connectivity index (χ0n) is 30.5. The number of nitrogens with zero attached hydrogens (tertiary/aromatic N) is 5. The van der Waals surface area contributed by atoms with Crippen molar-refractivity contribution in [3.8, 4) is 22.5 Å². The van der Waals surface area contributed by atoms with Crippen molar-refractivity contribution in [3.63, 3.8) is 0 Å². The number of H-pyrrole nitrogens is 2. The minimum absolute atomic E-state index is 0.101. The van der Waals surface area contributed by atoms with Crippen molar-refractivity contribution < 1.29 is 23.9 Å². The first-order chi connectivity index (χ1) is 24.9. The summed E-state index contributed by atoms with van der Waals surface area (Å²) in [7, 11) is 1.29. The third-order valence-corrected chi connectivity index (χ3v) is 9.84. The molecule has 3 N–H and O–H groups in total. The quantitative estimate of drug-likeness (QED) is 0.159. The highest BCUT2D eigenvalue weighted by atomic mass is 16.6. The highest BCUT2D eigenvalue weighted by molar-refractivity contribution is 5.91. The summed E-state index contributed by atoms with van der Waals surface area (Å²) in [5, 5.41) is 4.83. The number of alkyl carbamates (subject to hydrolysis) is 1. The number of rotatable bonds is 7. The highest BCUT2D eigenvalue weighted by Crippen LogP contribution is 2.35. The van der Waals surface area contributed by atoms with Gasteiger partial charge < -0.3 is 29.7 Å². The molecule has 0 saturated carbocycles. The molecule has 5 heterocycles. The van der Waals surface area contributed by atoms with E-state index in [0.29, 0.717) is 18.7 Å². The number of aromatic nitrogens is 5. The van der Waals surface area contributed by atoms with Crippen LogP contribution in [0.4, 0.5) is 9.59 Å². The fraction of sp³-hybridized carbons (Fsp3) is 0.436. The van der Waals surface area contributed by atoms with E-state index in [2.05, 4.69) is 51.7 Å². The van der Waals surface area contributed by atoms with Gasteiger partial charge in [-0.15, -0.1) is 0 Å². The number of benzene rings is 2. The molecular weight excluding hydrogens is 660 g/mol. The average Bonchev–Trinajstić information content (AvgIpc) is 3.94. The monoisotopic (exact) mass is 706 g/mol. The standard InChI is InChI=1S/C39H46N8O5/c1-22(2)32(44-37(49)51-6)36(48)46-17-7-9-30(46)34-40-21-29(43-34)26-14-12-23-19-25(13-11-24(23)20-26)27-15-16-28-33(41-27)45-35(42-28)31-10-8-18-47(31)38(50)52-39(3,4)5/h11-16,19-22,30-32H,7-10,17-18H2,1-6H3,(H,40,43)(H,44,49)(H,41,42,45)/t30-,31?,32-/m0/s1. The normalized spacial score (nSPS) is 18.4. The third-order valence-electron chi connectivity index (χ3n) is 9.84. The van der Waals surface area contributed by atoms with Crippen molar-refractivity contribution in [2.45, 2.75) is 84.0 Å². The lowest BCUT2D eigenvalue weighted by Crippen LogP contribution is -2.51. The van der Waals surface area contributed by atoms with Crippen LogP contribution in [0.3, 0.4) is 0 Å². The summed E-state index contributed by atoms with van der Waals surface area (Å²) in [6, 6.07) is 15.4. The van der Waals surface area contributed by atoms with E-state index in [4.69, 9.17) is 24.4 Å². The Morgan fingerprint density at radius 1 is 0.865 bits per heavy atom. The summed E-state index contributed by atoms with van der Waals surface area (Å²) in [6.07, 6.45) is 4.20. The van der Waals surface area contributed by atoms with Crippen LogP contribution >= 0.6 is 0 Å². The number of pyridine rings is 1. The molecular formula is C39H46N8O5. The lowest BCUT2D eigenvalue weighted by atomic mass is 10.0. The van der Waals surface area contributed by atoms with Crippen LogP contribution in [0.25, 0.3) is 44.5 Å². The molecule has 2 aromatic carbocycles. The second-order valence-corrected chi connectivity index (χ2v) is 15.0. The van der Waals surface area contributed by atoms with Crippen LogP contribution in [0.15, 0.2) is 54.7 Å². The lowest BCUT2D eigenvalue weighted by Gasteiger charge is -2.30. The van der Waals surface area contributed by atoms with Crippen molar-refractivity contribution in [2.24, 2.45) is 5.92 Å². The SMILES string of the molecule is COC(=O)N[C@H](C(=O)N1CCC[C@H]1c1ncc(-c2ccc3cc(-c4ccc5nc(C6CCCN6C(=O)OC(C)(C)C)[nH]c5n4)ccc3c2)[nH]1)C(C)C. The number of aromatic amines is 2. The van der Waals surface area contributed by atoms with Gasteiger partial charge in [-0.25, -0.2) is 24.5 Å². The molecule has 272 valence electrons. The Morgan fingerprint density at radius 3 is 2.23 bits per heavy atom. The Bertz CT molecular complexity index is 2130. The number of nitrogens with one attached hydrogen (secondary N) is 3. The molecule has 0 radical (unpaired) electrons. The molecule has 0 bridgehead atoms. The van der Waals surface area contributed by atoms with Crippen molar-refractivity contribution in [1.29, 1.82) is 0 Å². The Hall–Kier alpha value is -5.46. The van der Waals surface area contributed by atoms with E-state index in [9.17, 15) is 14.4 Å². The molecule has 52 heavy (non-hydrogen) atoms. The maximum atomic E-state index is 13.6. The largest absolute Gasteiger partial charge is 0.453 e. The first kappa shape index (κ1) is 35.0. The first-order valence-corrected chi connectivity index (χ1v) is 18.0. The minimum Gasteiger partial charge on any atom is -0.453 e. The van der Waals surface area contributed by atoms with Crippen molar-refractivity contribution in [3.05, 3.63) is 66.4 Å². The second-order valence-electron chi connectivity index (χ2n) is 15.0. The number of carbonyl (C=O) groups excluding carboxylic acids is 3. The molecule has 13 heteroatoms. The number of likely N-dealkylation sites (tertiary alicyclic amines) is 2. The number of fused-ring (bicyclic) bond motifs is 2. The Kier molecular flexibility index (Phi) is 9.36. The van der Waals surface area contributed by atoms with E-state index in [1.165, 1.54) is 7.11 Å². The molecule has 1 unspecified atom stereocenters. The molecule has 2 aliphatic heterocycles. The lowest BCUT2D eigenvalue weighted by molar-refractivity contribution is -0.135. The Balaban J connectivity index is 1.08. The molecule has 3 amide bonds. The summed E-state index contributed by atoms with van der Waals surface area (Å²) in [5.74, 6) is 1.21. The van der Waals surface area contributed by atoms with Gasteiger partial charge in [0.05, 0.1) is 36.8 Å². The van der Waals surface area contributed by atoms with Crippen LogP contribution in [-0.4, -0.2) is 84.7 Å². The molecule has 0 aliphatic carbocycles. The van der Waals surface area contributed by atoms with E-state index >= 15 is 0 Å². The Labute approximate surface area is 302 Å². The van der Waals surface area contributed by atoms with Gasteiger partial charge in [-0.1, -0.05) is 38.1 Å². The van der Waals surface area contributed by atoms with Gasteiger partial charge in [-0.2, -0.15) is 0 Å². The smallest absolute Gasteiger partial charge is 0.410 e. The fourth-order valence-electron chi connectivity index (χ4n) is 7.24. The number of methoxy groups -OCH3 is 1. The second kappa shape index (κ2) is 13.9. The summed E-state index contributed by atoms with van der Waals surface area (Å²) in [4.78, 5) is 63.2. The van der Waals surface area contributed by atoms with Gasteiger partial charge in [0.25, 0.3) is 0 Å². The van der Waals surface area contributed by atoms with Gasteiger partial charge in [0.1, 0.15) is 28.8 Å². The molecule has 0 spiro atoms. The first-order valence-electron chi connectivity index (χ1n) is 18.0. The van der Waals surface area contributed by atoms with Crippen LogP contribution in [-0.2, 0) is 14.3 Å². The van der Waals surface area contributed by atoms with Crippen LogP contribution in [0.5, 0.6) is 0 Å². The summed E-state index contributed by atoms with van der Waals surface area (Å²) in [5.41, 5.74) is 4.51. The Morgan fingerprint density at radius 2 is 1.54 bits per heavy atom. The van der Waals surface area contributed by atoms with Crippen LogP contribution < -0.4 is 5.32 Å². The van der Waals surface area contributed by atoms with E-state index in [-0.39, 0.29) is 30.0 Å². The van der Waals surface area contributed by atoms with Gasteiger partial charge in [0.2, 0.25) is 5.91 Å². The molecule has 5 aromatic rings. The zero-order valence-corrected chi connectivity index (χ0v) is 30.5. The number of carbonyl (C=O) groups is 3. The number of imidazole rings is 2. The van der Waals surface area contributed by atoms with Crippen LogP contribution in [0, 0.1) is 5.92 Å². The molecule has 2 saturated heterocycles. The van der Waals surface area contributed by atoms with E-state index in [1.807, 2.05) is 57.8 Å². The van der Waals surface area contributed by atoms with Gasteiger partial charge in [0.15, 0.2) is 5.65 Å². The summed E-state index contributed by atoms with van der Waals surface area (Å²) >= 11 is 0.